The van der Waals surface area contributed by atoms with Crippen molar-refractivity contribution in [3.63, 3.8) is 0 Å². The highest BCUT2D eigenvalue weighted by atomic mass is 16.5. The summed E-state index contributed by atoms with van der Waals surface area (Å²) >= 11 is 0. The Morgan fingerprint density at radius 3 is 2.81 bits per heavy atom. The van der Waals surface area contributed by atoms with E-state index in [2.05, 4.69) is 20.4 Å². The van der Waals surface area contributed by atoms with Crippen molar-refractivity contribution in [3.8, 4) is 17.2 Å². The van der Waals surface area contributed by atoms with Crippen molar-refractivity contribution in [2.45, 2.75) is 19.5 Å². The first kappa shape index (κ1) is 19.8. The molecular weight excluding hydrogens is 406 g/mol. The third kappa shape index (κ3) is 3.28. The van der Waals surface area contributed by atoms with E-state index in [0.717, 1.165) is 22.4 Å². The molecule has 4 aromatic rings. The van der Waals surface area contributed by atoms with Gasteiger partial charge in [-0.2, -0.15) is 5.10 Å². The lowest BCUT2D eigenvalue weighted by Crippen LogP contribution is -2.39. The van der Waals surface area contributed by atoms with Crippen LogP contribution in [0.5, 0.6) is 17.2 Å². The predicted octanol–water partition coefficient (Wildman–Crippen LogP) is 3.42. The molecule has 1 aliphatic heterocycles. The van der Waals surface area contributed by atoms with Crippen LogP contribution in [-0.2, 0) is 5.66 Å². The number of aliphatic imine (C=N–C) groups is 1. The van der Waals surface area contributed by atoms with Gasteiger partial charge in [-0.25, -0.2) is 14.5 Å². The van der Waals surface area contributed by atoms with Crippen LogP contribution in [0.25, 0.3) is 5.65 Å². The minimum Gasteiger partial charge on any atom is -0.492 e. The Morgan fingerprint density at radius 1 is 1.12 bits per heavy atom. The van der Waals surface area contributed by atoms with Crippen LogP contribution in [0.15, 0.2) is 60.0 Å². The van der Waals surface area contributed by atoms with Gasteiger partial charge in [0.25, 0.3) is 0 Å². The Balaban J connectivity index is 1.49. The first-order chi connectivity index (χ1) is 15.5. The lowest BCUT2D eigenvalue weighted by molar-refractivity contribution is 0.342. The van der Waals surface area contributed by atoms with E-state index in [0.29, 0.717) is 35.2 Å². The summed E-state index contributed by atoms with van der Waals surface area (Å²) in [6.07, 6.45) is 4.90. The molecule has 2 aromatic carbocycles. The fourth-order valence-electron chi connectivity index (χ4n) is 3.80. The Kier molecular flexibility index (Phi) is 4.67. The zero-order valence-corrected chi connectivity index (χ0v) is 17.7. The fraction of sp³-hybridized carbons (Fsp3) is 0.174. The van der Waals surface area contributed by atoms with Crippen LogP contribution in [0.3, 0.4) is 0 Å². The Bertz CT molecular complexity index is 1350. The molecule has 2 aromatic heterocycles. The normalized spacial score (nSPS) is 17.1. The summed E-state index contributed by atoms with van der Waals surface area (Å²) in [5, 5.41) is 7.24. The standard InChI is InChI=1S/C23H23N7O2/c1-3-31-21-11-19-17(10-18(21)24)23(25,28-12-26-19)15-4-5-20(14(2)8-15)32-16-6-7-30-22(9-16)27-13-29-30/h4-13H,3,24-25H2,1-2H3,(H,26,28). The molecule has 1 unspecified atom stereocenters. The van der Waals surface area contributed by atoms with Crippen molar-refractivity contribution in [2.24, 2.45) is 10.7 Å². The number of nitrogen functional groups attached to an aromatic ring is 1. The Hall–Kier alpha value is -4.11. The van der Waals surface area contributed by atoms with Crippen molar-refractivity contribution < 1.29 is 9.47 Å². The molecule has 0 saturated heterocycles. The van der Waals surface area contributed by atoms with Crippen molar-refractivity contribution in [3.05, 3.63) is 71.7 Å². The van der Waals surface area contributed by atoms with E-state index in [-0.39, 0.29) is 0 Å². The van der Waals surface area contributed by atoms with Crippen LogP contribution in [-0.4, -0.2) is 27.5 Å². The number of ether oxygens (including phenoxy) is 2. The first-order valence-corrected chi connectivity index (χ1v) is 10.2. The number of aromatic nitrogens is 3. The number of nitrogens with two attached hydrogens (primary N) is 2. The van der Waals surface area contributed by atoms with E-state index in [9.17, 15) is 0 Å². The summed E-state index contributed by atoms with van der Waals surface area (Å²) in [5.74, 6) is 2.00. The molecule has 0 spiro atoms. The van der Waals surface area contributed by atoms with Crippen molar-refractivity contribution >= 4 is 23.4 Å². The Morgan fingerprint density at radius 2 is 2.00 bits per heavy atom. The van der Waals surface area contributed by atoms with Crippen LogP contribution in [0.4, 0.5) is 11.4 Å². The zero-order chi connectivity index (χ0) is 22.3. The lowest BCUT2D eigenvalue weighted by atomic mass is 9.88. The molecule has 0 aliphatic carbocycles. The fourth-order valence-corrected chi connectivity index (χ4v) is 3.80. The number of hydrogen-bond acceptors (Lipinski definition) is 8. The maximum absolute atomic E-state index is 6.81. The number of rotatable bonds is 5. The second-order valence-electron chi connectivity index (χ2n) is 7.55. The van der Waals surface area contributed by atoms with E-state index < -0.39 is 5.66 Å². The molecule has 162 valence electrons. The third-order valence-electron chi connectivity index (χ3n) is 5.44. The predicted molar refractivity (Wildman–Crippen MR) is 123 cm³/mol. The van der Waals surface area contributed by atoms with Gasteiger partial charge in [0.1, 0.15) is 23.6 Å². The third-order valence-corrected chi connectivity index (χ3v) is 5.44. The number of nitrogens with zero attached hydrogens (tertiary/aromatic N) is 4. The minimum atomic E-state index is -1.09. The van der Waals surface area contributed by atoms with Gasteiger partial charge >= 0.3 is 0 Å². The molecule has 9 nitrogen and oxygen atoms in total. The number of hydrogen-bond donors (Lipinski definition) is 3. The smallest absolute Gasteiger partial charge is 0.163 e. The van der Waals surface area contributed by atoms with Crippen LogP contribution < -0.4 is 26.3 Å². The molecule has 0 amide bonds. The average molecular weight is 429 g/mol. The Labute approximate surface area is 184 Å². The van der Waals surface area contributed by atoms with Gasteiger partial charge in [0.15, 0.2) is 11.3 Å². The van der Waals surface area contributed by atoms with Crippen LogP contribution in [0, 0.1) is 6.92 Å². The number of nitrogens with one attached hydrogen (secondary N) is 1. The minimum absolute atomic E-state index is 0.514. The average Bonchev–Trinajstić information content (AvgIpc) is 3.24. The maximum atomic E-state index is 6.81. The van der Waals surface area contributed by atoms with Gasteiger partial charge in [-0.1, -0.05) is 6.07 Å². The number of pyridine rings is 1. The molecule has 5 N–H and O–H groups in total. The molecule has 0 fully saturated rings. The second kappa shape index (κ2) is 7.54. The van der Waals surface area contributed by atoms with E-state index in [1.54, 1.807) is 17.1 Å². The SMILES string of the molecule is CCOc1cc2c(cc1N)C(N)(c1ccc(Oc3ccn4ncnc4c3)c(C)c1)N=CN2. The van der Waals surface area contributed by atoms with Gasteiger partial charge in [0, 0.05) is 23.9 Å². The molecule has 1 aliphatic rings. The van der Waals surface area contributed by atoms with Crippen LogP contribution >= 0.6 is 0 Å². The summed E-state index contributed by atoms with van der Waals surface area (Å²) < 4.78 is 13.4. The van der Waals surface area contributed by atoms with Gasteiger partial charge in [-0.05, 0) is 49.2 Å². The number of aryl methyl sites for hydroxylation is 1. The number of anilines is 2. The number of fused-ring (bicyclic) bond motifs is 2. The maximum Gasteiger partial charge on any atom is 0.163 e. The van der Waals surface area contributed by atoms with Gasteiger partial charge < -0.3 is 20.5 Å². The highest BCUT2D eigenvalue weighted by Crippen LogP contribution is 2.41. The van der Waals surface area contributed by atoms with E-state index in [1.807, 2.05) is 56.3 Å². The van der Waals surface area contributed by atoms with Crippen molar-refractivity contribution in [1.82, 2.24) is 14.6 Å². The quantitative estimate of drug-likeness (QED) is 0.415. The monoisotopic (exact) mass is 429 g/mol. The zero-order valence-electron chi connectivity index (χ0n) is 17.7. The topological polar surface area (TPSA) is 125 Å². The molecule has 3 heterocycles. The van der Waals surface area contributed by atoms with Gasteiger partial charge in [-0.15, -0.1) is 0 Å². The lowest BCUT2D eigenvalue weighted by Gasteiger charge is -2.32. The molecule has 0 saturated carbocycles. The summed E-state index contributed by atoms with van der Waals surface area (Å²) in [5.41, 5.74) is 16.5. The largest absolute Gasteiger partial charge is 0.492 e. The second-order valence-corrected chi connectivity index (χ2v) is 7.55. The van der Waals surface area contributed by atoms with E-state index >= 15 is 0 Å². The highest BCUT2D eigenvalue weighted by Gasteiger charge is 2.34. The van der Waals surface area contributed by atoms with Crippen molar-refractivity contribution in [2.75, 3.05) is 17.7 Å². The van der Waals surface area contributed by atoms with Gasteiger partial charge in [-0.3, -0.25) is 5.73 Å². The first-order valence-electron chi connectivity index (χ1n) is 10.2. The summed E-state index contributed by atoms with van der Waals surface area (Å²) in [6, 6.07) is 13.1. The molecule has 32 heavy (non-hydrogen) atoms. The van der Waals surface area contributed by atoms with Gasteiger partial charge in [0.05, 0.1) is 24.3 Å². The van der Waals surface area contributed by atoms with Gasteiger partial charge in [0.2, 0.25) is 0 Å². The van der Waals surface area contributed by atoms with Crippen LogP contribution in [0.2, 0.25) is 0 Å². The van der Waals surface area contributed by atoms with E-state index in [1.165, 1.54) is 6.33 Å². The molecule has 5 rings (SSSR count). The molecule has 9 heteroatoms. The van der Waals surface area contributed by atoms with E-state index in [4.69, 9.17) is 20.9 Å². The van der Waals surface area contributed by atoms with Crippen LogP contribution in [0.1, 0.15) is 23.6 Å². The molecular formula is C23H23N7O2. The number of benzene rings is 2. The summed E-state index contributed by atoms with van der Waals surface area (Å²) in [4.78, 5) is 8.75. The highest BCUT2D eigenvalue weighted by molar-refractivity contribution is 5.85. The van der Waals surface area contributed by atoms with Crippen molar-refractivity contribution in [1.29, 1.82) is 0 Å². The molecule has 0 radical (unpaired) electrons. The molecule has 1 atom stereocenters. The summed E-state index contributed by atoms with van der Waals surface area (Å²) in [6.45, 7) is 4.41. The summed E-state index contributed by atoms with van der Waals surface area (Å²) in [7, 11) is 0. The molecule has 0 bridgehead atoms.